The van der Waals surface area contributed by atoms with Crippen LogP contribution in [0.4, 0.5) is 4.79 Å². The van der Waals surface area contributed by atoms with Gasteiger partial charge in [-0.2, -0.15) is 4.98 Å². The molecule has 8 heteroatoms. The molecular formula is C13H16N6O2. The van der Waals surface area contributed by atoms with Gasteiger partial charge in [0, 0.05) is 37.9 Å². The zero-order chi connectivity index (χ0) is 14.7. The fraction of sp³-hybridized carbons (Fsp3) is 0.462. The van der Waals surface area contributed by atoms with Gasteiger partial charge in [0.15, 0.2) is 5.82 Å². The highest BCUT2D eigenvalue weighted by Gasteiger charge is 2.30. The van der Waals surface area contributed by atoms with Crippen LogP contribution in [-0.4, -0.2) is 50.7 Å². The maximum Gasteiger partial charge on any atom is 0.317 e. The van der Waals surface area contributed by atoms with Crippen molar-refractivity contribution in [3.05, 3.63) is 24.4 Å². The number of amides is 2. The van der Waals surface area contributed by atoms with Crippen LogP contribution in [0.3, 0.4) is 0 Å². The molecule has 2 aromatic rings. The van der Waals surface area contributed by atoms with E-state index in [4.69, 9.17) is 4.52 Å². The van der Waals surface area contributed by atoms with E-state index in [1.807, 2.05) is 6.92 Å². The summed E-state index contributed by atoms with van der Waals surface area (Å²) in [5.74, 6) is 1.07. The third-order valence-corrected chi connectivity index (χ3v) is 3.39. The maximum absolute atomic E-state index is 11.8. The van der Waals surface area contributed by atoms with Crippen LogP contribution in [0.15, 0.2) is 23.1 Å². The van der Waals surface area contributed by atoms with Crippen molar-refractivity contribution in [1.82, 2.24) is 30.3 Å². The summed E-state index contributed by atoms with van der Waals surface area (Å²) in [6, 6.07) is -0.0438. The first kappa shape index (κ1) is 13.5. The fourth-order valence-electron chi connectivity index (χ4n) is 2.33. The summed E-state index contributed by atoms with van der Waals surface area (Å²) in [4.78, 5) is 26.0. The molecule has 1 fully saturated rings. The molecule has 0 spiro atoms. The van der Waals surface area contributed by atoms with Gasteiger partial charge in [0.1, 0.15) is 5.69 Å². The van der Waals surface area contributed by atoms with Crippen molar-refractivity contribution in [3.8, 4) is 11.6 Å². The number of rotatable bonds is 3. The highest BCUT2D eigenvalue weighted by Crippen LogP contribution is 2.26. The molecule has 1 atom stereocenters. The zero-order valence-corrected chi connectivity index (χ0v) is 11.7. The molecule has 2 amide bonds. The average molecular weight is 288 g/mol. The normalized spacial score (nSPS) is 18.0. The molecule has 0 aromatic carbocycles. The lowest BCUT2D eigenvalue weighted by Gasteiger charge is -2.15. The Hall–Kier alpha value is -2.51. The third-order valence-electron chi connectivity index (χ3n) is 3.39. The lowest BCUT2D eigenvalue weighted by atomic mass is 10.1. The van der Waals surface area contributed by atoms with Gasteiger partial charge in [0.25, 0.3) is 5.89 Å². The number of nitrogens with one attached hydrogen (secondary N) is 1. The van der Waals surface area contributed by atoms with Gasteiger partial charge < -0.3 is 14.7 Å². The van der Waals surface area contributed by atoms with Crippen molar-refractivity contribution < 1.29 is 9.32 Å². The Balaban J connectivity index is 1.69. The van der Waals surface area contributed by atoms with E-state index in [1.165, 1.54) is 0 Å². The van der Waals surface area contributed by atoms with Crippen molar-refractivity contribution in [3.63, 3.8) is 0 Å². The Labute approximate surface area is 121 Å². The quantitative estimate of drug-likeness (QED) is 0.906. The Morgan fingerprint density at radius 2 is 2.43 bits per heavy atom. The smallest absolute Gasteiger partial charge is 0.317 e. The molecular weight excluding hydrogens is 272 g/mol. The van der Waals surface area contributed by atoms with Gasteiger partial charge in [-0.05, 0) is 13.3 Å². The molecule has 1 N–H and O–H groups in total. The van der Waals surface area contributed by atoms with Crippen molar-refractivity contribution >= 4 is 6.03 Å². The van der Waals surface area contributed by atoms with Gasteiger partial charge in [-0.25, -0.2) is 9.78 Å². The number of urea groups is 1. The van der Waals surface area contributed by atoms with E-state index in [0.717, 1.165) is 6.42 Å². The van der Waals surface area contributed by atoms with Crippen LogP contribution in [0.2, 0.25) is 0 Å². The third kappa shape index (κ3) is 2.83. The second-order valence-electron chi connectivity index (χ2n) is 4.82. The molecule has 21 heavy (non-hydrogen) atoms. The van der Waals surface area contributed by atoms with Gasteiger partial charge >= 0.3 is 6.03 Å². The first-order valence-corrected chi connectivity index (χ1v) is 6.90. The summed E-state index contributed by atoms with van der Waals surface area (Å²) in [5, 5.41) is 6.80. The average Bonchev–Trinajstić information content (AvgIpc) is 3.17. The Morgan fingerprint density at radius 3 is 3.19 bits per heavy atom. The van der Waals surface area contributed by atoms with Gasteiger partial charge in [-0.15, -0.1) is 0 Å². The largest absolute Gasteiger partial charge is 0.338 e. The molecule has 110 valence electrons. The highest BCUT2D eigenvalue weighted by molar-refractivity contribution is 5.74. The van der Waals surface area contributed by atoms with E-state index in [0.29, 0.717) is 37.0 Å². The second-order valence-corrected chi connectivity index (χ2v) is 4.82. The van der Waals surface area contributed by atoms with Crippen LogP contribution < -0.4 is 5.32 Å². The number of hydrogen-bond donors (Lipinski definition) is 1. The lowest BCUT2D eigenvalue weighted by Crippen LogP contribution is -2.38. The predicted octanol–water partition coefficient (Wildman–Crippen LogP) is 1.05. The van der Waals surface area contributed by atoms with Crippen LogP contribution in [0.1, 0.15) is 25.1 Å². The number of aromatic nitrogens is 4. The molecule has 2 aromatic heterocycles. The van der Waals surface area contributed by atoms with Crippen LogP contribution >= 0.6 is 0 Å². The van der Waals surface area contributed by atoms with Gasteiger partial charge in [0.2, 0.25) is 0 Å². The predicted molar refractivity (Wildman–Crippen MR) is 73.3 cm³/mol. The zero-order valence-electron chi connectivity index (χ0n) is 11.7. The summed E-state index contributed by atoms with van der Waals surface area (Å²) in [5.41, 5.74) is 0.551. The van der Waals surface area contributed by atoms with Crippen LogP contribution in [0.5, 0.6) is 0 Å². The molecule has 1 saturated heterocycles. The minimum atomic E-state index is -0.0438. The molecule has 0 radical (unpaired) electrons. The van der Waals surface area contributed by atoms with E-state index in [2.05, 4.69) is 25.4 Å². The van der Waals surface area contributed by atoms with Crippen molar-refractivity contribution in [2.45, 2.75) is 19.3 Å². The Morgan fingerprint density at radius 1 is 1.52 bits per heavy atom. The summed E-state index contributed by atoms with van der Waals surface area (Å²) < 4.78 is 5.22. The molecule has 0 aliphatic carbocycles. The van der Waals surface area contributed by atoms with E-state index in [9.17, 15) is 4.79 Å². The molecule has 1 unspecified atom stereocenters. The van der Waals surface area contributed by atoms with E-state index < -0.39 is 0 Å². The molecule has 3 heterocycles. The SMILES string of the molecule is CCNC(=O)N1CCC(c2noc(-c3cnccn3)n2)C1. The highest BCUT2D eigenvalue weighted by atomic mass is 16.5. The minimum absolute atomic E-state index is 0.0438. The molecule has 1 aliphatic rings. The summed E-state index contributed by atoms with van der Waals surface area (Å²) in [6.07, 6.45) is 5.57. The standard InChI is InChI=1S/C13H16N6O2/c1-2-15-13(20)19-6-3-9(8-19)11-17-12(21-18-11)10-7-14-4-5-16-10/h4-5,7,9H,2-3,6,8H2,1H3,(H,15,20). The van der Waals surface area contributed by atoms with E-state index >= 15 is 0 Å². The van der Waals surface area contributed by atoms with Crippen molar-refractivity contribution in [2.75, 3.05) is 19.6 Å². The first-order valence-electron chi connectivity index (χ1n) is 6.90. The molecule has 3 rings (SSSR count). The van der Waals surface area contributed by atoms with Crippen molar-refractivity contribution in [1.29, 1.82) is 0 Å². The van der Waals surface area contributed by atoms with Gasteiger partial charge in [0.05, 0.1) is 6.20 Å². The summed E-state index contributed by atoms with van der Waals surface area (Å²) in [7, 11) is 0. The van der Waals surface area contributed by atoms with Gasteiger partial charge in [-0.3, -0.25) is 4.98 Å². The van der Waals surface area contributed by atoms with Crippen LogP contribution in [-0.2, 0) is 0 Å². The van der Waals surface area contributed by atoms with E-state index in [1.54, 1.807) is 23.5 Å². The van der Waals surface area contributed by atoms with Gasteiger partial charge in [-0.1, -0.05) is 5.16 Å². The number of carbonyl (C=O) groups is 1. The van der Waals surface area contributed by atoms with E-state index in [-0.39, 0.29) is 11.9 Å². The monoisotopic (exact) mass is 288 g/mol. The molecule has 8 nitrogen and oxygen atoms in total. The topological polar surface area (TPSA) is 97.0 Å². The Bertz CT molecular complexity index is 614. The number of nitrogens with zero attached hydrogens (tertiary/aromatic N) is 5. The molecule has 1 aliphatic heterocycles. The first-order chi connectivity index (χ1) is 10.3. The second kappa shape index (κ2) is 5.86. The summed E-state index contributed by atoms with van der Waals surface area (Å²) >= 11 is 0. The minimum Gasteiger partial charge on any atom is -0.338 e. The summed E-state index contributed by atoms with van der Waals surface area (Å²) in [6.45, 7) is 3.83. The van der Waals surface area contributed by atoms with Crippen LogP contribution in [0.25, 0.3) is 11.6 Å². The number of carbonyl (C=O) groups excluding carboxylic acids is 1. The Kier molecular flexibility index (Phi) is 3.76. The number of hydrogen-bond acceptors (Lipinski definition) is 6. The fourth-order valence-corrected chi connectivity index (χ4v) is 2.33. The molecule has 0 saturated carbocycles. The molecule has 0 bridgehead atoms. The number of likely N-dealkylation sites (tertiary alicyclic amines) is 1. The maximum atomic E-state index is 11.8. The van der Waals surface area contributed by atoms with Crippen molar-refractivity contribution in [2.24, 2.45) is 0 Å². The lowest BCUT2D eigenvalue weighted by molar-refractivity contribution is 0.208. The van der Waals surface area contributed by atoms with Crippen LogP contribution in [0, 0.1) is 0 Å².